The number of rotatable bonds is 5. The van der Waals surface area contributed by atoms with Gasteiger partial charge >= 0.3 is 0 Å². The number of phenolic OH excluding ortho intramolecular Hbond substituents is 1. The van der Waals surface area contributed by atoms with Gasteiger partial charge in [0.2, 0.25) is 0 Å². The zero-order chi connectivity index (χ0) is 13.8. The summed E-state index contributed by atoms with van der Waals surface area (Å²) >= 11 is 0. The Morgan fingerprint density at radius 1 is 1.44 bits per heavy atom. The lowest BCUT2D eigenvalue weighted by Gasteiger charge is -2.22. The van der Waals surface area contributed by atoms with Crippen LogP contribution in [0.1, 0.15) is 37.6 Å². The molecule has 2 N–H and O–H groups in total. The van der Waals surface area contributed by atoms with E-state index in [0.717, 1.165) is 6.42 Å². The van der Waals surface area contributed by atoms with Crippen molar-refractivity contribution >= 4 is 5.91 Å². The number of carbonyl (C=O) groups is 1. The second kappa shape index (κ2) is 5.76. The fourth-order valence-electron chi connectivity index (χ4n) is 1.37. The zero-order valence-electron chi connectivity index (χ0n) is 11.4. The van der Waals surface area contributed by atoms with Crippen molar-refractivity contribution in [2.24, 2.45) is 5.41 Å². The highest BCUT2D eigenvalue weighted by Crippen LogP contribution is 2.24. The average Bonchev–Trinajstić information content (AvgIpc) is 2.36. The third-order valence-corrected chi connectivity index (χ3v) is 3.13. The number of ether oxygens (including phenoxy) is 1. The topological polar surface area (TPSA) is 58.6 Å². The summed E-state index contributed by atoms with van der Waals surface area (Å²) in [5, 5.41) is 12.6. The molecule has 4 heteroatoms. The van der Waals surface area contributed by atoms with Crippen LogP contribution < -0.4 is 10.1 Å². The quantitative estimate of drug-likeness (QED) is 0.845. The van der Waals surface area contributed by atoms with Gasteiger partial charge in [0.25, 0.3) is 5.91 Å². The van der Waals surface area contributed by atoms with Gasteiger partial charge in [0, 0.05) is 12.6 Å². The monoisotopic (exact) mass is 251 g/mol. The van der Waals surface area contributed by atoms with Crippen LogP contribution in [-0.4, -0.2) is 24.7 Å². The summed E-state index contributed by atoms with van der Waals surface area (Å²) in [6, 6.07) is 4.64. The minimum absolute atomic E-state index is 0.0533. The summed E-state index contributed by atoms with van der Waals surface area (Å²) in [5.74, 6) is 0.191. The summed E-state index contributed by atoms with van der Waals surface area (Å²) in [6.45, 7) is 6.83. The van der Waals surface area contributed by atoms with Gasteiger partial charge < -0.3 is 15.2 Å². The molecule has 0 radical (unpaired) electrons. The third-order valence-electron chi connectivity index (χ3n) is 3.13. The molecule has 0 aliphatic carbocycles. The SMILES string of the molecule is CCC(C)(C)CNC(=O)c1ccc(OC)cc1O. The summed E-state index contributed by atoms with van der Waals surface area (Å²) in [4.78, 5) is 11.9. The normalized spacial score (nSPS) is 11.1. The number of methoxy groups -OCH3 is 1. The highest BCUT2D eigenvalue weighted by atomic mass is 16.5. The largest absolute Gasteiger partial charge is 0.507 e. The van der Waals surface area contributed by atoms with Crippen LogP contribution in [0.2, 0.25) is 0 Å². The van der Waals surface area contributed by atoms with E-state index >= 15 is 0 Å². The smallest absolute Gasteiger partial charge is 0.255 e. The maximum atomic E-state index is 11.9. The van der Waals surface area contributed by atoms with E-state index in [1.54, 1.807) is 12.1 Å². The maximum Gasteiger partial charge on any atom is 0.255 e. The number of amides is 1. The van der Waals surface area contributed by atoms with Crippen LogP contribution in [0, 0.1) is 5.41 Å². The predicted octanol–water partition coefficient (Wildman–Crippen LogP) is 2.57. The fraction of sp³-hybridized carbons (Fsp3) is 0.500. The molecule has 0 aliphatic rings. The van der Waals surface area contributed by atoms with E-state index in [-0.39, 0.29) is 22.6 Å². The van der Waals surface area contributed by atoms with E-state index in [2.05, 4.69) is 26.1 Å². The average molecular weight is 251 g/mol. The molecule has 1 amide bonds. The standard InChI is InChI=1S/C14H21NO3/c1-5-14(2,3)9-15-13(17)11-7-6-10(18-4)8-12(11)16/h6-8,16H,5,9H2,1-4H3,(H,15,17). The molecule has 1 aromatic carbocycles. The fourth-order valence-corrected chi connectivity index (χ4v) is 1.37. The Hall–Kier alpha value is -1.71. The lowest BCUT2D eigenvalue weighted by molar-refractivity contribution is 0.0933. The van der Waals surface area contributed by atoms with Crippen molar-refractivity contribution in [2.45, 2.75) is 27.2 Å². The van der Waals surface area contributed by atoms with Crippen LogP contribution >= 0.6 is 0 Å². The van der Waals surface area contributed by atoms with Crippen molar-refractivity contribution in [3.05, 3.63) is 23.8 Å². The van der Waals surface area contributed by atoms with Gasteiger partial charge in [-0.05, 0) is 24.0 Å². The summed E-state index contributed by atoms with van der Waals surface area (Å²) < 4.78 is 4.97. The lowest BCUT2D eigenvalue weighted by atomic mass is 9.90. The summed E-state index contributed by atoms with van der Waals surface area (Å²) in [6.07, 6.45) is 0.974. The molecule has 1 aromatic rings. The molecule has 0 saturated heterocycles. The van der Waals surface area contributed by atoms with Gasteiger partial charge in [-0.3, -0.25) is 4.79 Å². The molecule has 0 saturated carbocycles. The van der Waals surface area contributed by atoms with Crippen LogP contribution in [0.4, 0.5) is 0 Å². The van der Waals surface area contributed by atoms with Gasteiger partial charge in [-0.2, -0.15) is 0 Å². The van der Waals surface area contributed by atoms with Crippen molar-refractivity contribution in [1.29, 1.82) is 0 Å². The minimum Gasteiger partial charge on any atom is -0.507 e. The molecule has 0 atom stereocenters. The highest BCUT2D eigenvalue weighted by molar-refractivity contribution is 5.97. The van der Waals surface area contributed by atoms with Crippen molar-refractivity contribution in [3.8, 4) is 11.5 Å². The number of hydrogen-bond acceptors (Lipinski definition) is 3. The molecule has 1 rings (SSSR count). The summed E-state index contributed by atoms with van der Waals surface area (Å²) in [5.41, 5.74) is 0.320. The molecule has 4 nitrogen and oxygen atoms in total. The number of carbonyl (C=O) groups excluding carboxylic acids is 1. The Bertz CT molecular complexity index is 427. The molecule has 100 valence electrons. The van der Waals surface area contributed by atoms with Gasteiger partial charge in [-0.15, -0.1) is 0 Å². The van der Waals surface area contributed by atoms with Gasteiger partial charge in [-0.25, -0.2) is 0 Å². The van der Waals surface area contributed by atoms with Gasteiger partial charge in [0.05, 0.1) is 12.7 Å². The van der Waals surface area contributed by atoms with Crippen LogP contribution in [-0.2, 0) is 0 Å². The van der Waals surface area contributed by atoms with E-state index in [4.69, 9.17) is 4.74 Å². The van der Waals surface area contributed by atoms with Crippen LogP contribution in [0.15, 0.2) is 18.2 Å². The van der Waals surface area contributed by atoms with E-state index < -0.39 is 0 Å². The Balaban J connectivity index is 2.73. The van der Waals surface area contributed by atoms with Gasteiger partial charge in [-0.1, -0.05) is 20.8 Å². The van der Waals surface area contributed by atoms with Gasteiger partial charge in [0.1, 0.15) is 11.5 Å². The molecular formula is C14H21NO3. The van der Waals surface area contributed by atoms with E-state index in [1.807, 2.05) is 0 Å². The number of aromatic hydroxyl groups is 1. The molecular weight excluding hydrogens is 230 g/mol. The molecule has 0 fully saturated rings. The highest BCUT2D eigenvalue weighted by Gasteiger charge is 2.18. The first-order valence-corrected chi connectivity index (χ1v) is 6.05. The summed E-state index contributed by atoms with van der Waals surface area (Å²) in [7, 11) is 1.51. The first-order valence-electron chi connectivity index (χ1n) is 6.05. The Kier molecular flexibility index (Phi) is 4.59. The van der Waals surface area contributed by atoms with Crippen molar-refractivity contribution < 1.29 is 14.6 Å². The predicted molar refractivity (Wildman–Crippen MR) is 71.1 cm³/mol. The Morgan fingerprint density at radius 2 is 2.11 bits per heavy atom. The molecule has 0 aliphatic heterocycles. The van der Waals surface area contributed by atoms with Gasteiger partial charge in [0.15, 0.2) is 0 Å². The van der Waals surface area contributed by atoms with Crippen molar-refractivity contribution in [2.75, 3.05) is 13.7 Å². The Labute approximate surface area is 108 Å². The molecule has 18 heavy (non-hydrogen) atoms. The first-order chi connectivity index (χ1) is 8.39. The molecule has 0 unspecified atom stereocenters. The van der Waals surface area contributed by atoms with E-state index in [0.29, 0.717) is 12.3 Å². The van der Waals surface area contributed by atoms with Crippen LogP contribution in [0.5, 0.6) is 11.5 Å². The molecule has 0 heterocycles. The van der Waals surface area contributed by atoms with Crippen LogP contribution in [0.25, 0.3) is 0 Å². The minimum atomic E-state index is -0.267. The lowest BCUT2D eigenvalue weighted by Crippen LogP contribution is -2.33. The zero-order valence-corrected chi connectivity index (χ0v) is 11.4. The molecule has 0 spiro atoms. The molecule has 0 aromatic heterocycles. The van der Waals surface area contributed by atoms with Crippen molar-refractivity contribution in [1.82, 2.24) is 5.32 Å². The Morgan fingerprint density at radius 3 is 2.61 bits per heavy atom. The van der Waals surface area contributed by atoms with E-state index in [9.17, 15) is 9.90 Å². The van der Waals surface area contributed by atoms with Crippen LogP contribution in [0.3, 0.4) is 0 Å². The second-order valence-corrected chi connectivity index (χ2v) is 5.08. The third kappa shape index (κ3) is 3.65. The number of benzene rings is 1. The second-order valence-electron chi connectivity index (χ2n) is 5.08. The number of nitrogens with one attached hydrogen (secondary N) is 1. The first kappa shape index (κ1) is 14.4. The number of hydrogen-bond donors (Lipinski definition) is 2. The van der Waals surface area contributed by atoms with E-state index in [1.165, 1.54) is 13.2 Å². The van der Waals surface area contributed by atoms with Crippen molar-refractivity contribution in [3.63, 3.8) is 0 Å². The number of phenols is 1. The maximum absolute atomic E-state index is 11.9. The molecule has 0 bridgehead atoms.